The van der Waals surface area contributed by atoms with Gasteiger partial charge in [0.25, 0.3) is 0 Å². The van der Waals surface area contributed by atoms with Crippen LogP contribution in [-0.4, -0.2) is 13.1 Å². The molecule has 0 atom stereocenters. The standard InChI is InChI=1S/C17H16O2/c1-13-8-10-14(11-9-13)12-16(17(18)19-2)15-6-4-3-5-7-15/h3-12H,1-2H3/b16-12-. The summed E-state index contributed by atoms with van der Waals surface area (Å²) < 4.78 is 4.86. The molecular formula is C17H16O2. The lowest BCUT2D eigenvalue weighted by atomic mass is 10.0. The van der Waals surface area contributed by atoms with Crippen molar-refractivity contribution in [1.29, 1.82) is 0 Å². The van der Waals surface area contributed by atoms with Crippen LogP contribution in [-0.2, 0) is 9.53 Å². The van der Waals surface area contributed by atoms with Crippen molar-refractivity contribution in [1.82, 2.24) is 0 Å². The van der Waals surface area contributed by atoms with E-state index < -0.39 is 0 Å². The van der Waals surface area contributed by atoms with Crippen LogP contribution in [0.3, 0.4) is 0 Å². The van der Waals surface area contributed by atoms with E-state index in [9.17, 15) is 4.79 Å². The Bertz CT molecular complexity index is 580. The molecule has 19 heavy (non-hydrogen) atoms. The summed E-state index contributed by atoms with van der Waals surface area (Å²) in [5, 5.41) is 0. The summed E-state index contributed by atoms with van der Waals surface area (Å²) in [5.74, 6) is -0.327. The van der Waals surface area contributed by atoms with Crippen molar-refractivity contribution in [2.24, 2.45) is 0 Å². The minimum Gasteiger partial charge on any atom is -0.465 e. The monoisotopic (exact) mass is 252 g/mol. The van der Waals surface area contributed by atoms with Gasteiger partial charge in [-0.2, -0.15) is 0 Å². The van der Waals surface area contributed by atoms with Gasteiger partial charge in [-0.1, -0.05) is 60.2 Å². The van der Waals surface area contributed by atoms with Crippen LogP contribution >= 0.6 is 0 Å². The maximum absolute atomic E-state index is 11.9. The molecule has 0 N–H and O–H groups in total. The first-order valence-electron chi connectivity index (χ1n) is 6.13. The Morgan fingerprint density at radius 1 is 1.00 bits per heavy atom. The van der Waals surface area contributed by atoms with Gasteiger partial charge in [0.2, 0.25) is 0 Å². The van der Waals surface area contributed by atoms with Crippen LogP contribution in [0, 0.1) is 6.92 Å². The Morgan fingerprint density at radius 2 is 1.63 bits per heavy atom. The summed E-state index contributed by atoms with van der Waals surface area (Å²) in [7, 11) is 1.40. The predicted molar refractivity (Wildman–Crippen MR) is 77.5 cm³/mol. The molecule has 2 aromatic carbocycles. The summed E-state index contributed by atoms with van der Waals surface area (Å²) in [6.45, 7) is 2.03. The Kier molecular flexibility index (Phi) is 4.14. The maximum Gasteiger partial charge on any atom is 0.338 e. The van der Waals surface area contributed by atoms with Crippen LogP contribution in [0.1, 0.15) is 16.7 Å². The lowest BCUT2D eigenvalue weighted by Crippen LogP contribution is -2.03. The fourth-order valence-corrected chi connectivity index (χ4v) is 1.82. The van der Waals surface area contributed by atoms with Gasteiger partial charge < -0.3 is 4.74 Å². The Morgan fingerprint density at radius 3 is 2.21 bits per heavy atom. The smallest absolute Gasteiger partial charge is 0.338 e. The van der Waals surface area contributed by atoms with E-state index in [-0.39, 0.29) is 5.97 Å². The van der Waals surface area contributed by atoms with Gasteiger partial charge in [-0.25, -0.2) is 4.79 Å². The van der Waals surface area contributed by atoms with Gasteiger partial charge in [0.15, 0.2) is 0 Å². The summed E-state index contributed by atoms with van der Waals surface area (Å²) in [6, 6.07) is 17.5. The molecule has 0 spiro atoms. The molecule has 0 aliphatic carbocycles. The molecule has 96 valence electrons. The first-order chi connectivity index (χ1) is 9.20. The van der Waals surface area contributed by atoms with Crippen LogP contribution in [0.4, 0.5) is 0 Å². The van der Waals surface area contributed by atoms with E-state index in [0.29, 0.717) is 5.57 Å². The van der Waals surface area contributed by atoms with Gasteiger partial charge in [-0.3, -0.25) is 0 Å². The Labute approximate surface area is 113 Å². The van der Waals surface area contributed by atoms with Crippen molar-refractivity contribution >= 4 is 17.6 Å². The van der Waals surface area contributed by atoms with Gasteiger partial charge >= 0.3 is 5.97 Å². The molecule has 0 radical (unpaired) electrons. The maximum atomic E-state index is 11.9. The van der Waals surface area contributed by atoms with Gasteiger partial charge in [-0.05, 0) is 24.1 Å². The molecule has 0 saturated carbocycles. The molecule has 0 aromatic heterocycles. The highest BCUT2D eigenvalue weighted by Gasteiger charge is 2.11. The van der Waals surface area contributed by atoms with E-state index >= 15 is 0 Å². The van der Waals surface area contributed by atoms with Crippen molar-refractivity contribution in [3.05, 3.63) is 71.3 Å². The molecule has 2 nitrogen and oxygen atoms in total. The van der Waals surface area contributed by atoms with Gasteiger partial charge in [0.05, 0.1) is 12.7 Å². The fourth-order valence-electron chi connectivity index (χ4n) is 1.82. The molecule has 2 aromatic rings. The van der Waals surface area contributed by atoms with Crippen LogP contribution in [0.2, 0.25) is 0 Å². The highest BCUT2D eigenvalue weighted by Crippen LogP contribution is 2.19. The van der Waals surface area contributed by atoms with E-state index in [1.807, 2.05) is 67.6 Å². The lowest BCUT2D eigenvalue weighted by molar-refractivity contribution is -0.133. The second-order valence-corrected chi connectivity index (χ2v) is 4.33. The molecule has 0 bridgehead atoms. The number of hydrogen-bond acceptors (Lipinski definition) is 2. The lowest BCUT2D eigenvalue weighted by Gasteiger charge is -2.06. The van der Waals surface area contributed by atoms with Crippen molar-refractivity contribution < 1.29 is 9.53 Å². The molecule has 0 fully saturated rings. The van der Waals surface area contributed by atoms with Crippen molar-refractivity contribution in [3.8, 4) is 0 Å². The average molecular weight is 252 g/mol. The van der Waals surface area contributed by atoms with Crippen molar-refractivity contribution in [2.45, 2.75) is 6.92 Å². The number of hydrogen-bond donors (Lipinski definition) is 0. The SMILES string of the molecule is COC(=O)/C(=C\c1ccc(C)cc1)c1ccccc1. The number of ether oxygens (including phenoxy) is 1. The number of carbonyl (C=O) groups is 1. The number of benzene rings is 2. The molecule has 2 rings (SSSR count). The first kappa shape index (κ1) is 13.1. The highest BCUT2D eigenvalue weighted by atomic mass is 16.5. The van der Waals surface area contributed by atoms with Crippen LogP contribution < -0.4 is 0 Å². The van der Waals surface area contributed by atoms with Crippen LogP contribution in [0.15, 0.2) is 54.6 Å². The Hall–Kier alpha value is -2.35. The topological polar surface area (TPSA) is 26.3 Å². The second-order valence-electron chi connectivity index (χ2n) is 4.33. The molecule has 0 heterocycles. The van der Waals surface area contributed by atoms with Crippen molar-refractivity contribution in [3.63, 3.8) is 0 Å². The molecule has 0 saturated heterocycles. The fraction of sp³-hybridized carbons (Fsp3) is 0.118. The average Bonchev–Trinajstić information content (AvgIpc) is 2.47. The molecule has 2 heteroatoms. The number of esters is 1. The van der Waals surface area contributed by atoms with E-state index in [0.717, 1.165) is 11.1 Å². The van der Waals surface area contributed by atoms with Gasteiger partial charge in [0.1, 0.15) is 0 Å². The molecule has 0 aliphatic heterocycles. The van der Waals surface area contributed by atoms with E-state index in [2.05, 4.69) is 0 Å². The van der Waals surface area contributed by atoms with Gasteiger partial charge in [0, 0.05) is 0 Å². The van der Waals surface area contributed by atoms with E-state index in [1.165, 1.54) is 12.7 Å². The third kappa shape index (κ3) is 3.32. The second kappa shape index (κ2) is 6.01. The third-order valence-corrected chi connectivity index (χ3v) is 2.88. The molecule has 0 aliphatic rings. The zero-order valence-electron chi connectivity index (χ0n) is 11.1. The Balaban J connectivity index is 2.44. The highest BCUT2D eigenvalue weighted by molar-refractivity contribution is 6.21. The quantitative estimate of drug-likeness (QED) is 0.473. The minimum atomic E-state index is -0.327. The number of rotatable bonds is 3. The van der Waals surface area contributed by atoms with Crippen LogP contribution in [0.5, 0.6) is 0 Å². The summed E-state index contributed by atoms with van der Waals surface area (Å²) >= 11 is 0. The summed E-state index contributed by atoms with van der Waals surface area (Å²) in [6.07, 6.45) is 1.85. The predicted octanol–water partition coefficient (Wildman–Crippen LogP) is 3.71. The normalized spacial score (nSPS) is 11.2. The zero-order chi connectivity index (χ0) is 13.7. The van der Waals surface area contributed by atoms with E-state index in [4.69, 9.17) is 4.74 Å². The minimum absolute atomic E-state index is 0.327. The largest absolute Gasteiger partial charge is 0.465 e. The molecule has 0 unspecified atom stereocenters. The van der Waals surface area contributed by atoms with Crippen LogP contribution in [0.25, 0.3) is 11.6 Å². The summed E-state index contributed by atoms with van der Waals surface area (Å²) in [4.78, 5) is 11.9. The van der Waals surface area contributed by atoms with Gasteiger partial charge in [-0.15, -0.1) is 0 Å². The third-order valence-electron chi connectivity index (χ3n) is 2.88. The molecular weight excluding hydrogens is 236 g/mol. The van der Waals surface area contributed by atoms with Crippen molar-refractivity contribution in [2.75, 3.05) is 7.11 Å². The number of aryl methyl sites for hydroxylation is 1. The number of carbonyl (C=O) groups excluding carboxylic acids is 1. The summed E-state index contributed by atoms with van der Waals surface area (Å²) in [5.41, 5.74) is 3.59. The first-order valence-corrected chi connectivity index (χ1v) is 6.13. The molecule has 0 amide bonds. The number of methoxy groups -OCH3 is 1. The zero-order valence-corrected chi connectivity index (χ0v) is 11.1. The van der Waals surface area contributed by atoms with E-state index in [1.54, 1.807) is 0 Å².